The van der Waals surface area contributed by atoms with E-state index in [2.05, 4.69) is 29.9 Å². The topological polar surface area (TPSA) is 321 Å². The average Bonchev–Trinajstić information content (AvgIpc) is 3.55. The number of rotatable bonds is 12. The fourth-order valence-corrected chi connectivity index (χ4v) is 7.20. The Morgan fingerprint density at radius 2 is 1.60 bits per heavy atom. The summed E-state index contributed by atoms with van der Waals surface area (Å²) in [4.78, 5) is 44.4. The Hall–Kier alpha value is -3.37. The van der Waals surface area contributed by atoms with Crippen LogP contribution >= 0.6 is 15.6 Å². The van der Waals surface area contributed by atoms with Gasteiger partial charge in [0.05, 0.1) is 31.8 Å². The van der Waals surface area contributed by atoms with Gasteiger partial charge in [-0.25, -0.2) is 29.9 Å². The summed E-state index contributed by atoms with van der Waals surface area (Å²) in [7, 11) is -7.33. The quantitative estimate of drug-likeness (QED) is 0.0799. The zero-order valence-corrected chi connectivity index (χ0v) is 25.8. The van der Waals surface area contributed by atoms with Crippen LogP contribution in [0.2, 0.25) is 0 Å². The molecule has 0 amide bonds. The lowest BCUT2D eigenvalue weighted by Crippen LogP contribution is -2.36. The van der Waals surface area contributed by atoms with Crippen molar-refractivity contribution in [1.29, 1.82) is 0 Å². The molecular formula is C23H29N10O12P2+. The number of ether oxygens (including phenoxy) is 4. The van der Waals surface area contributed by atoms with Crippen LogP contribution in [0.1, 0.15) is 12.5 Å². The standard InChI is InChI=1S/C23H28N10O12P2/c24-17-12-19(28-3-26-17)32(5-30-12)21-16(41-7-46(37)38)14(35)10(44-21)2-43-47(39,40)8-42-15-11-9(1-34)23(11,36)45-22(15)33-6-31-13-18(25)27-4-29-20(13)33/h3-6,9-11,14-16,21-22,34-36H,1-2,7-8H2,(H5-,24,25,26,27,28,29,37,38,39,40)/p+1/t9-,10-,11?,14?,15+,16?,21-,22-,23?/m1/s1. The summed E-state index contributed by atoms with van der Waals surface area (Å²) in [6, 6.07) is 0. The van der Waals surface area contributed by atoms with E-state index in [1.807, 2.05) is 0 Å². The smallest absolute Gasteiger partial charge is 0.396 e. The van der Waals surface area contributed by atoms with E-state index in [1.54, 1.807) is 0 Å². The van der Waals surface area contributed by atoms with Gasteiger partial charge < -0.3 is 55.2 Å². The maximum atomic E-state index is 13.2. The van der Waals surface area contributed by atoms with Crippen molar-refractivity contribution in [2.75, 3.05) is 37.4 Å². The first-order valence-corrected chi connectivity index (χ1v) is 17.1. The number of hydrogen-bond donors (Lipinski definition) is 7. The number of anilines is 2. The van der Waals surface area contributed by atoms with Crippen molar-refractivity contribution in [1.82, 2.24) is 39.0 Å². The van der Waals surface area contributed by atoms with Crippen molar-refractivity contribution in [2.45, 2.75) is 42.7 Å². The molecule has 2 aliphatic heterocycles. The highest BCUT2D eigenvalue weighted by molar-refractivity contribution is 7.52. The molecule has 6 unspecified atom stereocenters. The van der Waals surface area contributed by atoms with Crippen LogP contribution in [0.5, 0.6) is 0 Å². The second-order valence-electron chi connectivity index (χ2n) is 11.1. The third kappa shape index (κ3) is 5.55. The van der Waals surface area contributed by atoms with Crippen LogP contribution in [0, 0.1) is 11.8 Å². The Kier molecular flexibility index (Phi) is 8.18. The molecule has 9 N–H and O–H groups in total. The summed E-state index contributed by atoms with van der Waals surface area (Å²) in [5.74, 6) is -3.08. The molecule has 4 aromatic heterocycles. The lowest BCUT2D eigenvalue weighted by molar-refractivity contribution is -0.185. The predicted molar refractivity (Wildman–Crippen MR) is 154 cm³/mol. The molecule has 11 atom stereocenters. The van der Waals surface area contributed by atoms with Gasteiger partial charge in [0.15, 0.2) is 41.2 Å². The first-order chi connectivity index (χ1) is 22.4. The zero-order valence-electron chi connectivity index (χ0n) is 24.0. The number of fused-ring (bicyclic) bond motifs is 3. The van der Waals surface area contributed by atoms with E-state index in [0.29, 0.717) is 0 Å². The normalized spacial score (nSPS) is 33.3. The third-order valence-corrected chi connectivity index (χ3v) is 9.76. The minimum Gasteiger partial charge on any atom is -0.396 e. The molecule has 0 bridgehead atoms. The van der Waals surface area contributed by atoms with Gasteiger partial charge in [-0.15, -0.1) is 0 Å². The van der Waals surface area contributed by atoms with E-state index in [-0.39, 0.29) is 34.0 Å². The molecule has 7 rings (SSSR count). The number of nitrogens with two attached hydrogens (primary N) is 2. The fraction of sp³-hybridized carbons (Fsp3) is 0.565. The first-order valence-electron chi connectivity index (χ1n) is 14.0. The Labute approximate surface area is 263 Å². The minimum absolute atomic E-state index is 0.0766. The van der Waals surface area contributed by atoms with Crippen molar-refractivity contribution in [3.63, 3.8) is 0 Å². The van der Waals surface area contributed by atoms with Gasteiger partial charge in [0, 0.05) is 5.92 Å². The predicted octanol–water partition coefficient (Wildman–Crippen LogP) is -1.83. The van der Waals surface area contributed by atoms with Gasteiger partial charge in [-0.2, -0.15) is 4.89 Å². The molecule has 22 nitrogen and oxygen atoms in total. The lowest BCUT2D eigenvalue weighted by Gasteiger charge is -2.26. The summed E-state index contributed by atoms with van der Waals surface area (Å²) in [6.07, 6.45) is -3.79. The van der Waals surface area contributed by atoms with Crippen LogP contribution in [0.25, 0.3) is 22.3 Å². The lowest BCUT2D eigenvalue weighted by atomic mass is 10.1. The fourth-order valence-electron chi connectivity index (χ4n) is 6.09. The number of aliphatic hydroxyl groups is 3. The van der Waals surface area contributed by atoms with Crippen LogP contribution in [-0.4, -0.2) is 120 Å². The number of nitrogen functional groups attached to an aromatic ring is 2. The van der Waals surface area contributed by atoms with Crippen molar-refractivity contribution in [3.05, 3.63) is 25.3 Å². The van der Waals surface area contributed by atoms with Crippen LogP contribution in [-0.2, 0) is 32.6 Å². The van der Waals surface area contributed by atoms with Crippen LogP contribution < -0.4 is 11.5 Å². The molecule has 24 heteroatoms. The van der Waals surface area contributed by atoms with Crippen molar-refractivity contribution >= 4 is 49.6 Å². The minimum atomic E-state index is -4.59. The second-order valence-corrected chi connectivity index (χ2v) is 13.9. The number of imidazole rings is 2. The third-order valence-electron chi connectivity index (χ3n) is 8.36. The number of hydrogen-bond acceptors (Lipinski definition) is 18. The molecule has 0 radical (unpaired) electrons. The highest BCUT2D eigenvalue weighted by atomic mass is 31.2. The first kappa shape index (κ1) is 32.2. The van der Waals surface area contributed by atoms with Crippen molar-refractivity contribution in [3.8, 4) is 0 Å². The summed E-state index contributed by atoms with van der Waals surface area (Å²) < 4.78 is 55.7. The Bertz CT molecular complexity index is 1880. The maximum absolute atomic E-state index is 13.2. The largest absolute Gasteiger partial charge is 0.534 e. The molecule has 4 aromatic rings. The maximum Gasteiger partial charge on any atom is 0.534 e. The summed E-state index contributed by atoms with van der Waals surface area (Å²) in [5.41, 5.74) is 12.7. The highest BCUT2D eigenvalue weighted by Crippen LogP contribution is 2.63. The van der Waals surface area contributed by atoms with Gasteiger partial charge >= 0.3 is 15.6 Å². The highest BCUT2D eigenvalue weighted by Gasteiger charge is 2.76. The molecule has 252 valence electrons. The van der Waals surface area contributed by atoms with Gasteiger partial charge in [-0.3, -0.25) is 13.7 Å². The van der Waals surface area contributed by atoms with E-state index in [0.717, 1.165) is 0 Å². The Morgan fingerprint density at radius 3 is 2.19 bits per heavy atom. The van der Waals surface area contributed by atoms with E-state index >= 15 is 0 Å². The van der Waals surface area contributed by atoms with Gasteiger partial charge in [0.25, 0.3) is 6.35 Å². The monoisotopic (exact) mass is 699 g/mol. The van der Waals surface area contributed by atoms with Gasteiger partial charge in [0.2, 0.25) is 0 Å². The zero-order chi connectivity index (χ0) is 33.2. The van der Waals surface area contributed by atoms with E-state index < -0.39 is 96.0 Å². The molecule has 2 saturated heterocycles. The van der Waals surface area contributed by atoms with Crippen LogP contribution in [0.3, 0.4) is 0 Å². The Morgan fingerprint density at radius 1 is 0.979 bits per heavy atom. The van der Waals surface area contributed by atoms with E-state index in [9.17, 15) is 34.2 Å². The molecule has 47 heavy (non-hydrogen) atoms. The average molecular weight is 699 g/mol. The van der Waals surface area contributed by atoms with E-state index in [1.165, 1.54) is 34.4 Å². The summed E-state index contributed by atoms with van der Waals surface area (Å²) >= 11 is 0. The molecule has 3 aliphatic rings. The van der Waals surface area contributed by atoms with E-state index in [4.69, 9.17) is 34.9 Å². The number of nitrogens with zero attached hydrogens (tertiary/aromatic N) is 8. The molecular weight excluding hydrogens is 670 g/mol. The van der Waals surface area contributed by atoms with Gasteiger partial charge in [-0.05, 0) is 4.57 Å². The SMILES string of the molecule is Nc1ncnc2c1ncn2[C@@H]1O[C@H](COP(=O)(O)CO[C@H]2C3[C@@H](CO)C3(O)O[C@H]2n2cnc3c(N)ncnc32)C(O)C1OC[P+](=O)O. The van der Waals surface area contributed by atoms with Crippen LogP contribution in [0.4, 0.5) is 11.6 Å². The molecule has 0 spiro atoms. The van der Waals surface area contributed by atoms with Crippen molar-refractivity contribution in [2.24, 2.45) is 11.8 Å². The Balaban J connectivity index is 1.06. The molecule has 1 saturated carbocycles. The molecule has 3 fully saturated rings. The second kappa shape index (κ2) is 11.9. The number of aliphatic hydroxyl groups excluding tert-OH is 2. The number of aromatic nitrogens is 8. The van der Waals surface area contributed by atoms with Gasteiger partial charge in [0.1, 0.15) is 54.5 Å². The molecule has 6 heterocycles. The summed E-state index contributed by atoms with van der Waals surface area (Å²) in [6.45, 7) is -1.07. The summed E-state index contributed by atoms with van der Waals surface area (Å²) in [5, 5.41) is 31.7. The van der Waals surface area contributed by atoms with Gasteiger partial charge in [-0.1, -0.05) is 0 Å². The molecule has 0 aromatic carbocycles. The van der Waals surface area contributed by atoms with Crippen LogP contribution in [0.15, 0.2) is 25.3 Å². The van der Waals surface area contributed by atoms with Crippen molar-refractivity contribution < 1.29 is 57.7 Å². The molecule has 1 aliphatic carbocycles.